The third-order valence-corrected chi connectivity index (χ3v) is 9.86. The summed E-state index contributed by atoms with van der Waals surface area (Å²) in [6.45, 7) is 6.78. The van der Waals surface area contributed by atoms with Crippen molar-refractivity contribution in [3.05, 3.63) is 64.4 Å². The van der Waals surface area contributed by atoms with Gasteiger partial charge in [0.05, 0.1) is 12.0 Å². The Bertz CT molecular complexity index is 1200. The second-order valence-corrected chi connectivity index (χ2v) is 12.6. The van der Waals surface area contributed by atoms with Crippen molar-refractivity contribution in [1.29, 1.82) is 0 Å². The molecule has 6 nitrogen and oxygen atoms in total. The lowest BCUT2D eigenvalue weighted by Gasteiger charge is -2.45. The largest absolute Gasteiger partial charge is 0.493 e. The van der Waals surface area contributed by atoms with Gasteiger partial charge in [0, 0.05) is 56.1 Å². The van der Waals surface area contributed by atoms with Crippen molar-refractivity contribution >= 4 is 23.4 Å². The molecule has 2 aromatic rings. The topological polar surface area (TPSA) is 53.1 Å². The molecule has 40 heavy (non-hydrogen) atoms. The van der Waals surface area contributed by atoms with E-state index in [1.807, 2.05) is 34.9 Å². The van der Waals surface area contributed by atoms with E-state index in [2.05, 4.69) is 11.9 Å². The highest BCUT2D eigenvalue weighted by Crippen LogP contribution is 2.45. The first-order valence-electron chi connectivity index (χ1n) is 14.6. The Morgan fingerprint density at radius 1 is 0.900 bits per heavy atom. The molecule has 2 aliphatic heterocycles. The summed E-state index contributed by atoms with van der Waals surface area (Å²) < 4.78 is 20.0. The van der Waals surface area contributed by atoms with Gasteiger partial charge in [-0.3, -0.25) is 9.59 Å². The fourth-order valence-electron chi connectivity index (χ4n) is 6.66. The number of piperidine rings is 1. The molecule has 216 valence electrons. The van der Waals surface area contributed by atoms with Gasteiger partial charge in [0.15, 0.2) is 0 Å². The zero-order chi connectivity index (χ0) is 28.3. The van der Waals surface area contributed by atoms with Crippen molar-refractivity contribution in [2.24, 2.45) is 5.41 Å². The maximum atomic E-state index is 14.1. The number of amides is 2. The second-order valence-electron chi connectivity index (χ2n) is 12.1. The molecule has 0 bridgehead atoms. The van der Waals surface area contributed by atoms with Crippen LogP contribution in [0.2, 0.25) is 5.02 Å². The van der Waals surface area contributed by atoms with Crippen LogP contribution in [-0.4, -0.2) is 79.4 Å². The van der Waals surface area contributed by atoms with Gasteiger partial charge in [0.1, 0.15) is 11.6 Å². The molecule has 2 aromatic carbocycles. The Hall–Kier alpha value is -2.64. The monoisotopic (exact) mass is 569 g/mol. The van der Waals surface area contributed by atoms with Gasteiger partial charge in [-0.15, -0.1) is 0 Å². The number of likely N-dealkylation sites (N-methyl/N-ethyl adjacent to an activating group) is 1. The van der Waals surface area contributed by atoms with Gasteiger partial charge >= 0.3 is 0 Å². The van der Waals surface area contributed by atoms with E-state index in [-0.39, 0.29) is 23.0 Å². The lowest BCUT2D eigenvalue weighted by molar-refractivity contribution is -0.142. The standard InChI is InChI=1S/C32H41ClFN3O3/c1-24-21-27(9-10-28(24)33)40-23-31(22-29(38)36-19-17-35(2)18-20-36)13-15-37(16-14-31)30(39)32(11-3-4-12-32)25-5-7-26(34)8-6-25/h5-10,21H,3-4,11-20,22-23H2,1-2H3. The van der Waals surface area contributed by atoms with Crippen LogP contribution in [0.3, 0.4) is 0 Å². The fourth-order valence-corrected chi connectivity index (χ4v) is 6.78. The van der Waals surface area contributed by atoms with Gasteiger partial charge in [-0.05, 0) is 81.1 Å². The Morgan fingerprint density at radius 2 is 1.55 bits per heavy atom. The highest BCUT2D eigenvalue weighted by molar-refractivity contribution is 6.31. The molecule has 8 heteroatoms. The maximum Gasteiger partial charge on any atom is 0.233 e. The first-order valence-corrected chi connectivity index (χ1v) is 15.0. The number of halogens is 2. The molecule has 1 aliphatic carbocycles. The molecule has 2 amide bonds. The van der Waals surface area contributed by atoms with Gasteiger partial charge in [-0.25, -0.2) is 4.39 Å². The van der Waals surface area contributed by atoms with E-state index in [9.17, 15) is 14.0 Å². The van der Waals surface area contributed by atoms with Crippen molar-refractivity contribution in [2.45, 2.75) is 57.3 Å². The van der Waals surface area contributed by atoms with Crippen LogP contribution in [0.25, 0.3) is 0 Å². The zero-order valence-electron chi connectivity index (χ0n) is 23.8. The number of carbonyl (C=O) groups is 2. The number of hydrogen-bond acceptors (Lipinski definition) is 4. The SMILES string of the molecule is Cc1cc(OCC2(CC(=O)N3CCN(C)CC3)CCN(C(=O)C3(c4ccc(F)cc4)CCCC3)CC2)ccc1Cl. The van der Waals surface area contributed by atoms with E-state index in [0.29, 0.717) is 44.0 Å². The summed E-state index contributed by atoms with van der Waals surface area (Å²) in [4.78, 5) is 33.8. The molecule has 0 unspecified atom stereocenters. The lowest BCUT2D eigenvalue weighted by Crippen LogP contribution is -2.53. The van der Waals surface area contributed by atoms with Crippen molar-refractivity contribution in [2.75, 3.05) is 52.9 Å². The molecule has 0 N–H and O–H groups in total. The van der Waals surface area contributed by atoms with Gasteiger partial charge in [0.2, 0.25) is 11.8 Å². The Kier molecular flexibility index (Phi) is 8.72. The van der Waals surface area contributed by atoms with Crippen LogP contribution in [0.1, 0.15) is 56.1 Å². The number of hydrogen-bond donors (Lipinski definition) is 0. The van der Waals surface area contributed by atoms with E-state index in [1.165, 1.54) is 12.1 Å². The van der Waals surface area contributed by atoms with Crippen LogP contribution in [0.5, 0.6) is 5.75 Å². The molecule has 2 heterocycles. The zero-order valence-corrected chi connectivity index (χ0v) is 24.5. The highest BCUT2D eigenvalue weighted by Gasteiger charge is 2.47. The Labute approximate surface area is 242 Å². The first kappa shape index (κ1) is 28.9. The van der Waals surface area contributed by atoms with Crippen LogP contribution in [0.15, 0.2) is 42.5 Å². The van der Waals surface area contributed by atoms with E-state index >= 15 is 0 Å². The van der Waals surface area contributed by atoms with Crippen molar-refractivity contribution in [3.8, 4) is 5.75 Å². The molecule has 0 spiro atoms. The van der Waals surface area contributed by atoms with Crippen molar-refractivity contribution in [1.82, 2.24) is 14.7 Å². The normalized spacial score (nSPS) is 20.9. The number of piperazine rings is 1. The fraction of sp³-hybridized carbons (Fsp3) is 0.562. The molecule has 3 aliphatic rings. The Balaban J connectivity index is 1.31. The lowest BCUT2D eigenvalue weighted by atomic mass is 9.73. The summed E-state index contributed by atoms with van der Waals surface area (Å²) in [7, 11) is 2.08. The minimum Gasteiger partial charge on any atom is -0.493 e. The average Bonchev–Trinajstić information content (AvgIpc) is 3.46. The average molecular weight is 570 g/mol. The number of ether oxygens (including phenoxy) is 1. The number of likely N-dealkylation sites (tertiary alicyclic amines) is 1. The third-order valence-electron chi connectivity index (χ3n) is 9.43. The number of rotatable bonds is 7. The summed E-state index contributed by atoms with van der Waals surface area (Å²) in [6.07, 6.45) is 5.38. The molecule has 0 atom stereocenters. The summed E-state index contributed by atoms with van der Waals surface area (Å²) in [5.74, 6) is 0.772. The van der Waals surface area contributed by atoms with E-state index in [0.717, 1.165) is 68.7 Å². The van der Waals surface area contributed by atoms with Crippen LogP contribution < -0.4 is 4.74 Å². The third kappa shape index (κ3) is 6.15. The van der Waals surface area contributed by atoms with Gasteiger partial charge in [0.25, 0.3) is 0 Å². The van der Waals surface area contributed by atoms with Crippen LogP contribution in [-0.2, 0) is 15.0 Å². The molecule has 0 aromatic heterocycles. The summed E-state index contributed by atoms with van der Waals surface area (Å²) in [5.41, 5.74) is 0.925. The number of benzene rings is 2. The molecule has 0 radical (unpaired) electrons. The second kappa shape index (κ2) is 12.1. The molecular formula is C32H41ClFN3O3. The smallest absolute Gasteiger partial charge is 0.233 e. The van der Waals surface area contributed by atoms with Crippen LogP contribution in [0.4, 0.5) is 4.39 Å². The summed E-state index contributed by atoms with van der Waals surface area (Å²) in [6, 6.07) is 12.1. The maximum absolute atomic E-state index is 14.1. The molecule has 1 saturated carbocycles. The van der Waals surface area contributed by atoms with Crippen molar-refractivity contribution in [3.63, 3.8) is 0 Å². The van der Waals surface area contributed by atoms with E-state index in [1.54, 1.807) is 12.1 Å². The van der Waals surface area contributed by atoms with Crippen molar-refractivity contribution < 1.29 is 18.7 Å². The number of carbonyl (C=O) groups excluding carboxylic acids is 2. The van der Waals surface area contributed by atoms with Gasteiger partial charge in [-0.1, -0.05) is 36.6 Å². The number of aryl methyl sites for hydroxylation is 1. The molecular weight excluding hydrogens is 529 g/mol. The summed E-state index contributed by atoms with van der Waals surface area (Å²) in [5, 5.41) is 0.695. The highest BCUT2D eigenvalue weighted by atomic mass is 35.5. The Morgan fingerprint density at radius 3 is 2.17 bits per heavy atom. The summed E-state index contributed by atoms with van der Waals surface area (Å²) >= 11 is 6.22. The molecule has 2 saturated heterocycles. The van der Waals surface area contributed by atoms with E-state index < -0.39 is 5.41 Å². The first-order chi connectivity index (χ1) is 19.2. The predicted molar refractivity (Wildman–Crippen MR) is 155 cm³/mol. The van der Waals surface area contributed by atoms with Crippen LogP contribution >= 0.6 is 11.6 Å². The van der Waals surface area contributed by atoms with Gasteiger partial charge in [-0.2, -0.15) is 0 Å². The van der Waals surface area contributed by atoms with Gasteiger partial charge < -0.3 is 19.4 Å². The molecule has 5 rings (SSSR count). The quantitative estimate of drug-likeness (QED) is 0.445. The van der Waals surface area contributed by atoms with E-state index in [4.69, 9.17) is 16.3 Å². The van der Waals surface area contributed by atoms with Crippen LogP contribution in [0, 0.1) is 18.2 Å². The minimum atomic E-state index is -0.583. The number of nitrogens with zero attached hydrogens (tertiary/aromatic N) is 3. The minimum absolute atomic E-state index is 0.143. The molecule has 3 fully saturated rings. The predicted octanol–water partition coefficient (Wildman–Crippen LogP) is 5.45.